The number of aromatic nitrogens is 2. The van der Waals surface area contributed by atoms with E-state index in [0.717, 1.165) is 39.5 Å². The van der Waals surface area contributed by atoms with Gasteiger partial charge in [0.1, 0.15) is 5.75 Å². The largest absolute Gasteiger partial charge is 0.497 e. The highest BCUT2D eigenvalue weighted by atomic mass is 16.5. The molecule has 0 radical (unpaired) electrons. The smallest absolute Gasteiger partial charge is 0.256 e. The standard InChI is InChI=1S/C21H21N3O4/c1-28-13-9-10-17-16(12-13)19-20(24(17)11-5-4-8-18(25)23-27)14-6-2-3-7-15(14)21(26)22-19/h2-3,6-7,9-10,12,27H,4-5,8,11H2,1H3,(H,22,26)(H,23,25). The molecular weight excluding hydrogens is 358 g/mol. The third kappa shape index (κ3) is 2.99. The summed E-state index contributed by atoms with van der Waals surface area (Å²) in [7, 11) is 1.62. The van der Waals surface area contributed by atoms with Gasteiger partial charge in [-0.25, -0.2) is 5.48 Å². The number of methoxy groups -OCH3 is 1. The van der Waals surface area contributed by atoms with Crippen molar-refractivity contribution in [2.24, 2.45) is 0 Å². The van der Waals surface area contributed by atoms with Crippen LogP contribution in [0.2, 0.25) is 0 Å². The molecule has 4 rings (SSSR count). The van der Waals surface area contributed by atoms with Crippen molar-refractivity contribution in [3.05, 3.63) is 52.8 Å². The van der Waals surface area contributed by atoms with E-state index in [1.807, 2.05) is 42.5 Å². The number of hydrogen-bond donors (Lipinski definition) is 3. The first-order chi connectivity index (χ1) is 13.6. The summed E-state index contributed by atoms with van der Waals surface area (Å²) in [5.74, 6) is 0.335. The van der Waals surface area contributed by atoms with Gasteiger partial charge in [0.25, 0.3) is 5.56 Å². The lowest BCUT2D eigenvalue weighted by Gasteiger charge is -2.09. The second-order valence-electron chi connectivity index (χ2n) is 6.75. The molecule has 2 heterocycles. The lowest BCUT2D eigenvalue weighted by Crippen LogP contribution is -2.18. The molecule has 0 saturated carbocycles. The molecule has 0 bridgehead atoms. The number of nitrogens with zero attached hydrogens (tertiary/aromatic N) is 1. The van der Waals surface area contributed by atoms with E-state index in [2.05, 4.69) is 9.55 Å². The van der Waals surface area contributed by atoms with Crippen molar-refractivity contribution in [2.75, 3.05) is 7.11 Å². The van der Waals surface area contributed by atoms with Gasteiger partial charge in [-0.3, -0.25) is 14.8 Å². The van der Waals surface area contributed by atoms with E-state index in [9.17, 15) is 9.59 Å². The van der Waals surface area contributed by atoms with Crippen molar-refractivity contribution in [2.45, 2.75) is 25.8 Å². The number of rotatable bonds is 6. The van der Waals surface area contributed by atoms with E-state index in [4.69, 9.17) is 9.94 Å². The van der Waals surface area contributed by atoms with Crippen molar-refractivity contribution in [1.29, 1.82) is 0 Å². The van der Waals surface area contributed by atoms with Gasteiger partial charge in [-0.2, -0.15) is 0 Å². The number of benzene rings is 2. The number of amides is 1. The minimum Gasteiger partial charge on any atom is -0.497 e. The predicted molar refractivity (Wildman–Crippen MR) is 108 cm³/mol. The molecule has 1 amide bonds. The number of nitrogens with one attached hydrogen (secondary N) is 2. The maximum absolute atomic E-state index is 12.6. The van der Waals surface area contributed by atoms with Gasteiger partial charge in [-0.15, -0.1) is 0 Å². The van der Waals surface area contributed by atoms with Crippen molar-refractivity contribution in [1.82, 2.24) is 15.0 Å². The van der Waals surface area contributed by atoms with Crippen molar-refractivity contribution < 1.29 is 14.7 Å². The second kappa shape index (κ2) is 7.36. The quantitative estimate of drug-likeness (QED) is 0.272. The Morgan fingerprint density at radius 2 is 1.93 bits per heavy atom. The van der Waals surface area contributed by atoms with Gasteiger partial charge in [0.15, 0.2) is 0 Å². The van der Waals surface area contributed by atoms with Crippen LogP contribution in [0.15, 0.2) is 47.3 Å². The summed E-state index contributed by atoms with van der Waals surface area (Å²) < 4.78 is 7.55. The first-order valence-corrected chi connectivity index (χ1v) is 9.18. The lowest BCUT2D eigenvalue weighted by atomic mass is 10.1. The Labute approximate surface area is 160 Å². The van der Waals surface area contributed by atoms with E-state index in [-0.39, 0.29) is 17.9 Å². The molecule has 0 fully saturated rings. The molecule has 0 unspecified atom stereocenters. The monoisotopic (exact) mass is 379 g/mol. The first kappa shape index (κ1) is 18.1. The van der Waals surface area contributed by atoms with E-state index < -0.39 is 0 Å². The summed E-state index contributed by atoms with van der Waals surface area (Å²) in [5, 5.41) is 11.1. The van der Waals surface area contributed by atoms with Gasteiger partial charge >= 0.3 is 0 Å². The molecule has 0 saturated heterocycles. The van der Waals surface area contributed by atoms with Gasteiger partial charge in [0, 0.05) is 29.1 Å². The molecule has 4 aromatic rings. The zero-order valence-electron chi connectivity index (χ0n) is 15.5. The molecule has 3 N–H and O–H groups in total. The molecule has 0 aliphatic rings. The van der Waals surface area contributed by atoms with Crippen LogP contribution < -0.4 is 15.8 Å². The molecule has 7 heteroatoms. The van der Waals surface area contributed by atoms with Crippen LogP contribution in [0.3, 0.4) is 0 Å². The Bertz CT molecular complexity index is 1240. The van der Waals surface area contributed by atoms with Crippen LogP contribution in [-0.4, -0.2) is 27.8 Å². The molecule has 2 aromatic heterocycles. The van der Waals surface area contributed by atoms with Gasteiger partial charge < -0.3 is 14.3 Å². The topological polar surface area (TPSA) is 96.4 Å². The van der Waals surface area contributed by atoms with E-state index in [1.165, 1.54) is 0 Å². The average Bonchev–Trinajstić information content (AvgIpc) is 3.04. The maximum Gasteiger partial charge on any atom is 0.256 e. The number of H-pyrrole nitrogens is 1. The van der Waals surface area contributed by atoms with Gasteiger partial charge in [0.2, 0.25) is 5.91 Å². The second-order valence-corrected chi connectivity index (χ2v) is 6.75. The maximum atomic E-state index is 12.6. The number of aryl methyl sites for hydroxylation is 1. The van der Waals surface area contributed by atoms with E-state index in [1.54, 1.807) is 12.6 Å². The van der Waals surface area contributed by atoms with Crippen molar-refractivity contribution in [3.8, 4) is 5.75 Å². The molecular formula is C21H21N3O4. The van der Waals surface area contributed by atoms with Crippen LogP contribution in [0.5, 0.6) is 5.75 Å². The van der Waals surface area contributed by atoms with Crippen molar-refractivity contribution in [3.63, 3.8) is 0 Å². The Morgan fingerprint density at radius 3 is 2.68 bits per heavy atom. The number of hydrogen-bond acceptors (Lipinski definition) is 4. The van der Waals surface area contributed by atoms with Crippen LogP contribution in [-0.2, 0) is 11.3 Å². The minimum absolute atomic E-state index is 0.121. The minimum atomic E-state index is -0.387. The Balaban J connectivity index is 1.91. The summed E-state index contributed by atoms with van der Waals surface area (Å²) in [6.45, 7) is 0.682. The Morgan fingerprint density at radius 1 is 1.14 bits per heavy atom. The van der Waals surface area contributed by atoms with Crippen LogP contribution in [0, 0.1) is 0 Å². The number of pyridine rings is 1. The molecule has 0 atom stereocenters. The van der Waals surface area contributed by atoms with Crippen LogP contribution in [0.25, 0.3) is 32.7 Å². The number of unbranched alkanes of at least 4 members (excludes halogenated alkanes) is 1. The van der Waals surface area contributed by atoms with Crippen LogP contribution in [0.4, 0.5) is 0 Å². The summed E-state index contributed by atoms with van der Waals surface area (Å²) in [6, 6.07) is 13.4. The zero-order chi connectivity index (χ0) is 19.7. The molecule has 144 valence electrons. The average molecular weight is 379 g/mol. The fourth-order valence-corrected chi connectivity index (χ4v) is 3.78. The van der Waals surface area contributed by atoms with E-state index in [0.29, 0.717) is 18.4 Å². The molecule has 0 aliphatic carbocycles. The number of ether oxygens (including phenoxy) is 1. The summed E-state index contributed by atoms with van der Waals surface area (Å²) in [4.78, 5) is 26.9. The fraction of sp³-hybridized carbons (Fsp3) is 0.238. The zero-order valence-corrected chi connectivity index (χ0v) is 15.5. The van der Waals surface area contributed by atoms with Crippen molar-refractivity contribution >= 4 is 38.6 Å². The third-order valence-corrected chi connectivity index (χ3v) is 5.10. The molecule has 0 spiro atoms. The van der Waals surface area contributed by atoms with Gasteiger partial charge in [-0.05, 0) is 37.1 Å². The Hall–Kier alpha value is -3.32. The highest BCUT2D eigenvalue weighted by Gasteiger charge is 2.16. The van der Waals surface area contributed by atoms with Gasteiger partial charge in [0.05, 0.1) is 23.7 Å². The van der Waals surface area contributed by atoms with Gasteiger partial charge in [-0.1, -0.05) is 18.2 Å². The number of aromatic amines is 1. The Kier molecular flexibility index (Phi) is 4.75. The SMILES string of the molecule is COc1ccc2c(c1)c1[nH]c(=O)c3ccccc3c1n2CCCCC(=O)NO. The number of carbonyl (C=O) groups excluding carboxylic acids is 1. The fourth-order valence-electron chi connectivity index (χ4n) is 3.78. The normalized spacial score (nSPS) is 11.4. The predicted octanol–water partition coefficient (Wildman–Crippen LogP) is 3.32. The highest BCUT2D eigenvalue weighted by Crippen LogP contribution is 2.33. The summed E-state index contributed by atoms with van der Waals surface area (Å²) >= 11 is 0. The van der Waals surface area contributed by atoms with Crippen LogP contribution in [0.1, 0.15) is 19.3 Å². The number of hydroxylamine groups is 1. The number of carbonyl (C=O) groups is 1. The molecule has 7 nitrogen and oxygen atoms in total. The number of fused-ring (bicyclic) bond motifs is 5. The molecule has 0 aliphatic heterocycles. The summed E-state index contributed by atoms with van der Waals surface area (Å²) in [6.07, 6.45) is 1.66. The lowest BCUT2D eigenvalue weighted by molar-refractivity contribution is -0.129. The molecule has 28 heavy (non-hydrogen) atoms. The third-order valence-electron chi connectivity index (χ3n) is 5.10. The van der Waals surface area contributed by atoms with Crippen LogP contribution >= 0.6 is 0 Å². The highest BCUT2D eigenvalue weighted by molar-refractivity contribution is 6.15. The first-order valence-electron chi connectivity index (χ1n) is 9.18. The molecule has 2 aromatic carbocycles. The summed E-state index contributed by atoms with van der Waals surface area (Å²) in [5.41, 5.74) is 4.28. The van der Waals surface area contributed by atoms with E-state index >= 15 is 0 Å².